The molecule has 4 N–H and O–H groups in total. The number of nitrogens with one attached hydrogen (secondary N) is 2. The summed E-state index contributed by atoms with van der Waals surface area (Å²) in [5.41, 5.74) is 8.46. The van der Waals surface area contributed by atoms with Crippen LogP contribution in [0.15, 0.2) is 65.0 Å². The van der Waals surface area contributed by atoms with Crippen molar-refractivity contribution in [3.63, 3.8) is 0 Å². The number of hydrogen-bond donors (Lipinski definition) is 3. The van der Waals surface area contributed by atoms with Gasteiger partial charge in [0.25, 0.3) is 0 Å². The smallest absolute Gasteiger partial charge is 0.250 e. The molecule has 0 bridgehead atoms. The third kappa shape index (κ3) is 2.95. The van der Waals surface area contributed by atoms with Gasteiger partial charge in [-0.25, -0.2) is 4.99 Å². The average molecular weight is 293 g/mol. The average Bonchev–Trinajstić information content (AvgIpc) is 2.56. The van der Waals surface area contributed by atoms with E-state index in [0.29, 0.717) is 17.9 Å². The quantitative estimate of drug-likeness (QED) is 0.796. The first-order valence-corrected chi connectivity index (χ1v) is 6.81. The molecule has 0 saturated heterocycles. The molecule has 1 amide bonds. The van der Waals surface area contributed by atoms with Crippen LogP contribution in [0, 0.1) is 0 Å². The number of carbonyl (C=O) groups excluding carboxylic acids is 1. The van der Waals surface area contributed by atoms with Gasteiger partial charge in [0.05, 0.1) is 24.2 Å². The van der Waals surface area contributed by atoms with Crippen LogP contribution in [0.4, 0.5) is 5.69 Å². The SMILES string of the molecule is NC(=O)C1=C(Nc2cccc(-c3ccccn3)c2)N=CNC1. The highest BCUT2D eigenvalue weighted by Crippen LogP contribution is 2.22. The second kappa shape index (κ2) is 6.09. The van der Waals surface area contributed by atoms with Crippen molar-refractivity contribution in [3.05, 3.63) is 60.1 Å². The first-order valence-electron chi connectivity index (χ1n) is 6.81. The van der Waals surface area contributed by atoms with E-state index in [1.807, 2.05) is 42.5 Å². The van der Waals surface area contributed by atoms with E-state index in [0.717, 1.165) is 16.9 Å². The summed E-state index contributed by atoms with van der Waals surface area (Å²) in [4.78, 5) is 19.9. The van der Waals surface area contributed by atoms with Crippen LogP contribution < -0.4 is 16.4 Å². The highest BCUT2D eigenvalue weighted by atomic mass is 16.1. The minimum atomic E-state index is -0.493. The third-order valence-corrected chi connectivity index (χ3v) is 3.23. The van der Waals surface area contributed by atoms with Crippen molar-refractivity contribution in [1.29, 1.82) is 0 Å². The Hall–Kier alpha value is -3.15. The Morgan fingerprint density at radius 3 is 2.91 bits per heavy atom. The largest absolute Gasteiger partial charge is 0.372 e. The van der Waals surface area contributed by atoms with Crippen molar-refractivity contribution in [1.82, 2.24) is 10.3 Å². The van der Waals surface area contributed by atoms with Gasteiger partial charge in [-0.3, -0.25) is 9.78 Å². The van der Waals surface area contributed by atoms with Crippen LogP contribution in [0.5, 0.6) is 0 Å². The van der Waals surface area contributed by atoms with Crippen LogP contribution in [-0.4, -0.2) is 23.8 Å². The normalized spacial score (nSPS) is 13.6. The molecular weight excluding hydrogens is 278 g/mol. The summed E-state index contributed by atoms with van der Waals surface area (Å²) in [7, 11) is 0. The predicted octanol–water partition coefficient (Wildman–Crippen LogP) is 1.49. The van der Waals surface area contributed by atoms with E-state index in [9.17, 15) is 4.79 Å². The lowest BCUT2D eigenvalue weighted by molar-refractivity contribution is -0.114. The summed E-state index contributed by atoms with van der Waals surface area (Å²) < 4.78 is 0. The van der Waals surface area contributed by atoms with Crippen LogP contribution in [-0.2, 0) is 4.79 Å². The lowest BCUT2D eigenvalue weighted by atomic mass is 10.1. The van der Waals surface area contributed by atoms with E-state index < -0.39 is 5.91 Å². The molecule has 2 aromatic rings. The number of pyridine rings is 1. The van der Waals surface area contributed by atoms with E-state index >= 15 is 0 Å². The molecular formula is C16H15N5O. The number of hydrogen-bond acceptors (Lipinski definition) is 5. The number of nitrogens with zero attached hydrogens (tertiary/aromatic N) is 2. The summed E-state index contributed by atoms with van der Waals surface area (Å²) in [6.45, 7) is 0.362. The number of nitrogens with two attached hydrogens (primary N) is 1. The Balaban J connectivity index is 1.90. The zero-order valence-corrected chi connectivity index (χ0v) is 11.8. The highest BCUT2D eigenvalue weighted by Gasteiger charge is 2.15. The number of primary amides is 1. The maximum atomic E-state index is 11.4. The summed E-state index contributed by atoms with van der Waals surface area (Å²) in [5, 5.41) is 6.00. The maximum Gasteiger partial charge on any atom is 0.250 e. The van der Waals surface area contributed by atoms with Gasteiger partial charge < -0.3 is 16.4 Å². The van der Waals surface area contributed by atoms with Crippen LogP contribution in [0.1, 0.15) is 0 Å². The number of carbonyl (C=O) groups is 1. The number of amides is 1. The molecule has 1 aliphatic rings. The first-order chi connectivity index (χ1) is 10.7. The fourth-order valence-electron chi connectivity index (χ4n) is 2.16. The van der Waals surface area contributed by atoms with E-state index in [2.05, 4.69) is 20.6 Å². The Labute approximate surface area is 127 Å². The predicted molar refractivity (Wildman–Crippen MR) is 86.0 cm³/mol. The minimum Gasteiger partial charge on any atom is -0.372 e. The first kappa shape index (κ1) is 13.8. The fourth-order valence-corrected chi connectivity index (χ4v) is 2.16. The molecule has 0 spiro atoms. The summed E-state index contributed by atoms with van der Waals surface area (Å²) in [6.07, 6.45) is 3.29. The number of benzene rings is 1. The molecule has 1 aliphatic heterocycles. The molecule has 3 rings (SSSR count). The van der Waals surface area contributed by atoms with Crippen molar-refractivity contribution in [2.24, 2.45) is 10.7 Å². The number of aliphatic imine (C=N–C) groups is 1. The Morgan fingerprint density at radius 1 is 1.23 bits per heavy atom. The molecule has 0 radical (unpaired) electrons. The van der Waals surface area contributed by atoms with Gasteiger partial charge in [-0.2, -0.15) is 0 Å². The molecule has 0 atom stereocenters. The van der Waals surface area contributed by atoms with Gasteiger partial charge in [-0.05, 0) is 24.3 Å². The fraction of sp³-hybridized carbons (Fsp3) is 0.0625. The maximum absolute atomic E-state index is 11.4. The molecule has 110 valence electrons. The number of aromatic nitrogens is 1. The van der Waals surface area contributed by atoms with Crippen molar-refractivity contribution < 1.29 is 4.79 Å². The molecule has 1 aromatic carbocycles. The molecule has 22 heavy (non-hydrogen) atoms. The van der Waals surface area contributed by atoms with Gasteiger partial charge in [0.1, 0.15) is 5.82 Å². The zero-order chi connectivity index (χ0) is 15.4. The second-order valence-corrected chi connectivity index (χ2v) is 4.75. The minimum absolute atomic E-state index is 0.362. The van der Waals surface area contributed by atoms with Gasteiger partial charge in [0.2, 0.25) is 5.91 Å². The molecule has 0 saturated carbocycles. The van der Waals surface area contributed by atoms with Crippen LogP contribution in [0.3, 0.4) is 0 Å². The van der Waals surface area contributed by atoms with Crippen molar-refractivity contribution in [2.75, 3.05) is 11.9 Å². The van der Waals surface area contributed by atoms with Crippen molar-refractivity contribution in [2.45, 2.75) is 0 Å². The lowest BCUT2D eigenvalue weighted by Crippen LogP contribution is -2.30. The van der Waals surface area contributed by atoms with E-state index in [-0.39, 0.29) is 0 Å². The number of rotatable bonds is 4. The summed E-state index contributed by atoms with van der Waals surface area (Å²) in [5.74, 6) is -0.0304. The van der Waals surface area contributed by atoms with Crippen LogP contribution >= 0.6 is 0 Å². The zero-order valence-electron chi connectivity index (χ0n) is 11.8. The molecule has 0 unspecified atom stereocenters. The van der Waals surface area contributed by atoms with Crippen molar-refractivity contribution in [3.8, 4) is 11.3 Å². The monoisotopic (exact) mass is 293 g/mol. The topological polar surface area (TPSA) is 92.4 Å². The van der Waals surface area contributed by atoms with Crippen LogP contribution in [0.2, 0.25) is 0 Å². The molecule has 0 aliphatic carbocycles. The van der Waals surface area contributed by atoms with Gasteiger partial charge >= 0.3 is 0 Å². The molecule has 0 fully saturated rings. The lowest BCUT2D eigenvalue weighted by Gasteiger charge is -2.16. The van der Waals surface area contributed by atoms with E-state index in [4.69, 9.17) is 5.73 Å². The standard InChI is InChI=1S/C16H15N5O/c17-15(22)13-9-18-10-20-16(13)21-12-5-3-4-11(8-12)14-6-1-2-7-19-14/h1-8,10,21H,9H2,(H2,17,22)(H,18,20). The number of anilines is 1. The second-order valence-electron chi connectivity index (χ2n) is 4.75. The Kier molecular flexibility index (Phi) is 3.82. The summed E-state index contributed by atoms with van der Waals surface area (Å²) in [6, 6.07) is 13.5. The summed E-state index contributed by atoms with van der Waals surface area (Å²) >= 11 is 0. The van der Waals surface area contributed by atoms with E-state index in [1.165, 1.54) is 6.34 Å². The molecule has 6 nitrogen and oxygen atoms in total. The van der Waals surface area contributed by atoms with E-state index in [1.54, 1.807) is 6.20 Å². The van der Waals surface area contributed by atoms with Gasteiger partial charge in [0.15, 0.2) is 0 Å². The van der Waals surface area contributed by atoms with Crippen LogP contribution in [0.25, 0.3) is 11.3 Å². The Morgan fingerprint density at radius 2 is 2.14 bits per heavy atom. The van der Waals surface area contributed by atoms with Gasteiger partial charge in [-0.1, -0.05) is 18.2 Å². The Bertz CT molecular complexity index is 752. The van der Waals surface area contributed by atoms with Crippen molar-refractivity contribution >= 4 is 17.9 Å². The third-order valence-electron chi connectivity index (χ3n) is 3.23. The molecule has 6 heteroatoms. The van der Waals surface area contributed by atoms with Gasteiger partial charge in [-0.15, -0.1) is 0 Å². The molecule has 2 heterocycles. The highest BCUT2D eigenvalue weighted by molar-refractivity contribution is 5.95. The van der Waals surface area contributed by atoms with Gasteiger partial charge in [0, 0.05) is 17.4 Å². The molecule has 1 aromatic heterocycles.